The number of sulfone groups is 1. The minimum Gasteiger partial charge on any atom is -0.491 e. The van der Waals surface area contributed by atoms with Crippen LogP contribution in [-0.2, 0) is 9.84 Å². The molecule has 0 aliphatic carbocycles. The van der Waals surface area contributed by atoms with Crippen LogP contribution >= 0.6 is 0 Å². The van der Waals surface area contributed by atoms with E-state index in [2.05, 4.69) is 0 Å². The van der Waals surface area contributed by atoms with Gasteiger partial charge in [-0.1, -0.05) is 12.1 Å². The number of hydrogen-bond acceptors (Lipinski definition) is 5. The summed E-state index contributed by atoms with van der Waals surface area (Å²) in [6.45, 7) is 5.06. The summed E-state index contributed by atoms with van der Waals surface area (Å²) in [5.41, 5.74) is 7.17. The van der Waals surface area contributed by atoms with E-state index in [9.17, 15) is 8.42 Å². The summed E-state index contributed by atoms with van der Waals surface area (Å²) in [4.78, 5) is 1.93. The van der Waals surface area contributed by atoms with Gasteiger partial charge in [0.1, 0.15) is 15.6 Å². The standard InChI is InChI=1S/C15H26N2O3S/c1-12(2)20-14-7-5-13(6-8-14)15(16)11-17(3)9-10-21(4,18)19/h5-8,12,15H,9-11,16H2,1-4H3. The fourth-order valence-corrected chi connectivity index (χ4v) is 2.56. The summed E-state index contributed by atoms with van der Waals surface area (Å²) in [5, 5.41) is 0. The first-order valence-electron chi connectivity index (χ1n) is 7.06. The molecule has 120 valence electrons. The maximum atomic E-state index is 11.1. The van der Waals surface area contributed by atoms with Gasteiger partial charge in [0.2, 0.25) is 0 Å². The van der Waals surface area contributed by atoms with E-state index in [1.807, 2.05) is 50.1 Å². The van der Waals surface area contributed by atoms with Crippen molar-refractivity contribution in [2.75, 3.05) is 32.1 Å². The highest BCUT2D eigenvalue weighted by molar-refractivity contribution is 7.90. The predicted molar refractivity (Wildman–Crippen MR) is 86.3 cm³/mol. The molecule has 1 unspecified atom stereocenters. The van der Waals surface area contributed by atoms with Crippen LogP contribution in [0.15, 0.2) is 24.3 Å². The van der Waals surface area contributed by atoms with E-state index in [0.29, 0.717) is 13.1 Å². The van der Waals surface area contributed by atoms with Gasteiger partial charge in [-0.25, -0.2) is 8.42 Å². The third-order valence-corrected chi connectivity index (χ3v) is 3.96. The summed E-state index contributed by atoms with van der Waals surface area (Å²) in [6, 6.07) is 7.57. The molecule has 1 aromatic rings. The van der Waals surface area contributed by atoms with Gasteiger partial charge in [0.15, 0.2) is 0 Å². The van der Waals surface area contributed by atoms with Crippen molar-refractivity contribution in [1.29, 1.82) is 0 Å². The van der Waals surface area contributed by atoms with Crippen LogP contribution in [-0.4, -0.2) is 51.6 Å². The van der Waals surface area contributed by atoms with Gasteiger partial charge in [0.05, 0.1) is 11.9 Å². The molecule has 0 amide bonds. The smallest absolute Gasteiger partial charge is 0.148 e. The average molecular weight is 314 g/mol. The van der Waals surface area contributed by atoms with E-state index >= 15 is 0 Å². The van der Waals surface area contributed by atoms with Crippen molar-refractivity contribution < 1.29 is 13.2 Å². The second-order valence-corrected chi connectivity index (χ2v) is 7.99. The van der Waals surface area contributed by atoms with E-state index in [1.54, 1.807) is 0 Å². The molecule has 6 heteroatoms. The summed E-state index contributed by atoms with van der Waals surface area (Å²) >= 11 is 0. The Labute approximate surface area is 128 Å². The van der Waals surface area contributed by atoms with E-state index in [1.165, 1.54) is 6.26 Å². The number of benzene rings is 1. The average Bonchev–Trinajstić information content (AvgIpc) is 2.35. The Kier molecular flexibility index (Phi) is 6.64. The molecule has 0 aromatic heterocycles. The zero-order valence-corrected chi connectivity index (χ0v) is 14.1. The summed E-state index contributed by atoms with van der Waals surface area (Å²) in [6.07, 6.45) is 1.39. The van der Waals surface area contributed by atoms with Gasteiger partial charge in [-0.3, -0.25) is 0 Å². The van der Waals surface area contributed by atoms with Gasteiger partial charge >= 0.3 is 0 Å². The van der Waals surface area contributed by atoms with Crippen LogP contribution in [0.4, 0.5) is 0 Å². The zero-order chi connectivity index (χ0) is 16.0. The third kappa shape index (κ3) is 7.45. The van der Waals surface area contributed by atoms with Gasteiger partial charge in [-0.15, -0.1) is 0 Å². The highest BCUT2D eigenvalue weighted by atomic mass is 32.2. The van der Waals surface area contributed by atoms with Crippen molar-refractivity contribution in [3.05, 3.63) is 29.8 Å². The number of ether oxygens (including phenoxy) is 1. The Morgan fingerprint density at radius 2 is 1.81 bits per heavy atom. The van der Waals surface area contributed by atoms with Crippen molar-refractivity contribution in [3.8, 4) is 5.75 Å². The third-order valence-electron chi connectivity index (χ3n) is 3.03. The lowest BCUT2D eigenvalue weighted by atomic mass is 10.1. The molecule has 1 aromatic carbocycles. The van der Waals surface area contributed by atoms with Crippen LogP contribution in [0.3, 0.4) is 0 Å². The summed E-state index contributed by atoms with van der Waals surface area (Å²) in [5.74, 6) is 0.976. The van der Waals surface area contributed by atoms with E-state index in [-0.39, 0.29) is 17.9 Å². The van der Waals surface area contributed by atoms with E-state index < -0.39 is 9.84 Å². The largest absolute Gasteiger partial charge is 0.491 e. The van der Waals surface area contributed by atoms with Crippen molar-refractivity contribution >= 4 is 9.84 Å². The molecular formula is C15H26N2O3S. The van der Waals surface area contributed by atoms with Crippen LogP contribution in [0.5, 0.6) is 5.75 Å². The molecule has 0 spiro atoms. The van der Waals surface area contributed by atoms with Crippen LogP contribution in [0.2, 0.25) is 0 Å². The first-order valence-corrected chi connectivity index (χ1v) is 9.12. The molecule has 0 saturated heterocycles. The highest BCUT2D eigenvalue weighted by Crippen LogP contribution is 2.18. The summed E-state index contributed by atoms with van der Waals surface area (Å²) in [7, 11) is -1.06. The maximum absolute atomic E-state index is 11.1. The van der Waals surface area contributed by atoms with Crippen molar-refractivity contribution in [2.45, 2.75) is 26.0 Å². The zero-order valence-electron chi connectivity index (χ0n) is 13.2. The molecule has 0 bridgehead atoms. The minimum absolute atomic E-state index is 0.145. The van der Waals surface area contributed by atoms with Gasteiger partial charge in [-0.05, 0) is 38.6 Å². The van der Waals surface area contributed by atoms with Gasteiger partial charge in [0.25, 0.3) is 0 Å². The van der Waals surface area contributed by atoms with Crippen LogP contribution in [0, 0.1) is 0 Å². The maximum Gasteiger partial charge on any atom is 0.148 e. The second-order valence-electron chi connectivity index (χ2n) is 5.73. The Hall–Kier alpha value is -1.11. The molecular weight excluding hydrogens is 288 g/mol. The molecule has 0 saturated carbocycles. The molecule has 0 radical (unpaired) electrons. The van der Waals surface area contributed by atoms with Crippen molar-refractivity contribution in [2.24, 2.45) is 5.73 Å². The first-order chi connectivity index (χ1) is 9.67. The number of nitrogens with two attached hydrogens (primary N) is 1. The van der Waals surface area contributed by atoms with Gasteiger partial charge in [-0.2, -0.15) is 0 Å². The Morgan fingerprint density at radius 3 is 2.29 bits per heavy atom. The van der Waals surface area contributed by atoms with Crippen LogP contribution in [0.25, 0.3) is 0 Å². The topological polar surface area (TPSA) is 72.6 Å². The molecule has 0 aliphatic heterocycles. The van der Waals surface area contributed by atoms with Crippen molar-refractivity contribution in [1.82, 2.24) is 4.90 Å². The normalized spacial score (nSPS) is 13.7. The van der Waals surface area contributed by atoms with Crippen molar-refractivity contribution in [3.63, 3.8) is 0 Å². The Balaban J connectivity index is 2.53. The van der Waals surface area contributed by atoms with Gasteiger partial charge < -0.3 is 15.4 Å². The molecule has 21 heavy (non-hydrogen) atoms. The number of hydrogen-bond donors (Lipinski definition) is 1. The number of likely N-dealkylation sites (N-methyl/N-ethyl adjacent to an activating group) is 1. The first kappa shape index (κ1) is 17.9. The fraction of sp³-hybridized carbons (Fsp3) is 0.600. The molecule has 0 aliphatic rings. The SMILES string of the molecule is CC(C)Oc1ccc(C(N)CN(C)CCS(C)(=O)=O)cc1. The molecule has 5 nitrogen and oxygen atoms in total. The Bertz CT molecular complexity index is 526. The number of nitrogens with zero attached hydrogens (tertiary/aromatic N) is 1. The molecule has 1 atom stereocenters. The molecule has 0 fully saturated rings. The monoisotopic (exact) mass is 314 g/mol. The lowest BCUT2D eigenvalue weighted by Crippen LogP contribution is -2.32. The van der Waals surface area contributed by atoms with E-state index in [4.69, 9.17) is 10.5 Å². The Morgan fingerprint density at radius 1 is 1.24 bits per heavy atom. The molecule has 1 rings (SSSR count). The van der Waals surface area contributed by atoms with Gasteiger partial charge in [0, 0.05) is 25.4 Å². The summed E-state index contributed by atoms with van der Waals surface area (Å²) < 4.78 is 27.9. The lowest BCUT2D eigenvalue weighted by molar-refractivity contribution is 0.242. The lowest BCUT2D eigenvalue weighted by Gasteiger charge is -2.21. The fourth-order valence-electron chi connectivity index (χ4n) is 1.92. The van der Waals surface area contributed by atoms with Crippen LogP contribution < -0.4 is 10.5 Å². The second kappa shape index (κ2) is 7.77. The predicted octanol–water partition coefficient (Wildman–Crippen LogP) is 1.45. The quantitative estimate of drug-likeness (QED) is 0.786. The minimum atomic E-state index is -2.94. The number of rotatable bonds is 8. The van der Waals surface area contributed by atoms with E-state index in [0.717, 1.165) is 11.3 Å². The van der Waals surface area contributed by atoms with Crippen LogP contribution in [0.1, 0.15) is 25.5 Å². The molecule has 2 N–H and O–H groups in total. The molecule has 0 heterocycles. The highest BCUT2D eigenvalue weighted by Gasteiger charge is 2.11.